The van der Waals surface area contributed by atoms with Crippen LogP contribution in [-0.4, -0.2) is 49.6 Å². The van der Waals surface area contributed by atoms with E-state index in [4.69, 9.17) is 0 Å². The van der Waals surface area contributed by atoms with Gasteiger partial charge in [0.25, 0.3) is 0 Å². The van der Waals surface area contributed by atoms with Crippen molar-refractivity contribution in [2.45, 2.75) is 24.3 Å². The number of nitrogens with zero attached hydrogens (tertiary/aromatic N) is 1. The third-order valence-corrected chi connectivity index (χ3v) is 6.50. The summed E-state index contributed by atoms with van der Waals surface area (Å²) in [6, 6.07) is 7.77. The molecule has 1 atom stereocenters. The zero-order valence-electron chi connectivity index (χ0n) is 11.7. The van der Waals surface area contributed by atoms with Crippen LogP contribution in [0.15, 0.2) is 29.2 Å². The topological polar surface area (TPSA) is 54.5 Å². The summed E-state index contributed by atoms with van der Waals surface area (Å²) < 4.78 is 22.9. The molecule has 1 aromatic carbocycles. The maximum absolute atomic E-state index is 12.1. The highest BCUT2D eigenvalue weighted by molar-refractivity contribution is 8.00. The van der Waals surface area contributed by atoms with Crippen LogP contribution in [0.25, 0.3) is 0 Å². The zero-order chi connectivity index (χ0) is 14.8. The molecular weight excluding hydrogens is 294 g/mol. The van der Waals surface area contributed by atoms with E-state index >= 15 is 0 Å². The van der Waals surface area contributed by atoms with Crippen molar-refractivity contribution in [2.24, 2.45) is 0 Å². The van der Waals surface area contributed by atoms with E-state index < -0.39 is 9.84 Å². The van der Waals surface area contributed by atoms with Gasteiger partial charge in [-0.15, -0.1) is 11.8 Å². The van der Waals surface area contributed by atoms with Gasteiger partial charge in [-0.05, 0) is 25.0 Å². The highest BCUT2D eigenvalue weighted by Gasteiger charge is 2.32. The maximum atomic E-state index is 12.1. The molecule has 1 fully saturated rings. The van der Waals surface area contributed by atoms with E-state index in [1.165, 1.54) is 11.8 Å². The summed E-state index contributed by atoms with van der Waals surface area (Å²) in [6.07, 6.45) is 0.555. The minimum atomic E-state index is -2.95. The SMILES string of the molecule is Cc1ccccc1SCC(=O)N(C)[C@H]1CCS(=O)(=O)C1. The standard InChI is InChI=1S/C14H19NO3S2/c1-11-5-3-4-6-13(11)19-9-14(16)15(2)12-7-8-20(17,18)10-12/h3-6,12H,7-10H2,1-2H3/t12-/m0/s1. The summed E-state index contributed by atoms with van der Waals surface area (Å²) in [7, 11) is -1.25. The molecule has 1 heterocycles. The molecular formula is C14H19NO3S2. The van der Waals surface area contributed by atoms with Gasteiger partial charge in [0.2, 0.25) is 5.91 Å². The van der Waals surface area contributed by atoms with E-state index in [1.807, 2.05) is 31.2 Å². The van der Waals surface area contributed by atoms with Crippen molar-refractivity contribution in [1.29, 1.82) is 0 Å². The first-order valence-electron chi connectivity index (χ1n) is 6.53. The molecule has 0 saturated carbocycles. The van der Waals surface area contributed by atoms with E-state index in [0.29, 0.717) is 12.2 Å². The van der Waals surface area contributed by atoms with Crippen LogP contribution in [-0.2, 0) is 14.6 Å². The molecule has 0 bridgehead atoms. The number of hydrogen-bond donors (Lipinski definition) is 0. The minimum Gasteiger partial charge on any atom is -0.341 e. The molecule has 0 radical (unpaired) electrons. The van der Waals surface area contributed by atoms with Gasteiger partial charge < -0.3 is 4.90 Å². The molecule has 0 unspecified atom stereocenters. The van der Waals surface area contributed by atoms with Crippen molar-refractivity contribution in [2.75, 3.05) is 24.3 Å². The smallest absolute Gasteiger partial charge is 0.232 e. The second-order valence-corrected chi connectivity index (χ2v) is 8.36. The van der Waals surface area contributed by atoms with Crippen LogP contribution in [0.2, 0.25) is 0 Å². The van der Waals surface area contributed by atoms with Gasteiger partial charge in [0.1, 0.15) is 0 Å². The highest BCUT2D eigenvalue weighted by atomic mass is 32.2. The van der Waals surface area contributed by atoms with Gasteiger partial charge in [0.05, 0.1) is 17.3 Å². The lowest BCUT2D eigenvalue weighted by molar-refractivity contribution is -0.128. The summed E-state index contributed by atoms with van der Waals surface area (Å²) in [5.41, 5.74) is 1.15. The second-order valence-electron chi connectivity index (χ2n) is 5.12. The molecule has 1 amide bonds. The molecule has 110 valence electrons. The summed E-state index contributed by atoms with van der Waals surface area (Å²) in [5, 5.41) is 0. The van der Waals surface area contributed by atoms with Gasteiger partial charge in [-0.3, -0.25) is 4.79 Å². The number of hydrogen-bond acceptors (Lipinski definition) is 4. The quantitative estimate of drug-likeness (QED) is 0.795. The monoisotopic (exact) mass is 313 g/mol. The fourth-order valence-corrected chi connectivity index (χ4v) is 4.97. The van der Waals surface area contributed by atoms with E-state index in [9.17, 15) is 13.2 Å². The summed E-state index contributed by atoms with van der Waals surface area (Å²) in [5.74, 6) is 0.628. The molecule has 1 aliphatic rings. The zero-order valence-corrected chi connectivity index (χ0v) is 13.3. The Bertz CT molecular complexity index is 598. The summed E-state index contributed by atoms with van der Waals surface area (Å²) in [4.78, 5) is 14.8. The molecule has 1 aromatic rings. The Morgan fingerprint density at radius 2 is 2.10 bits per heavy atom. The minimum absolute atomic E-state index is 0.0136. The number of aryl methyl sites for hydroxylation is 1. The van der Waals surface area contributed by atoms with Gasteiger partial charge in [0.15, 0.2) is 9.84 Å². The molecule has 6 heteroatoms. The average molecular weight is 313 g/mol. The van der Waals surface area contributed by atoms with Crippen molar-refractivity contribution in [3.05, 3.63) is 29.8 Å². The molecule has 1 aliphatic heterocycles. The van der Waals surface area contributed by atoms with Gasteiger partial charge in [0, 0.05) is 18.0 Å². The van der Waals surface area contributed by atoms with Gasteiger partial charge in [-0.1, -0.05) is 18.2 Å². The highest BCUT2D eigenvalue weighted by Crippen LogP contribution is 2.23. The molecule has 0 aliphatic carbocycles. The third kappa shape index (κ3) is 3.76. The molecule has 0 spiro atoms. The number of thioether (sulfide) groups is 1. The van der Waals surface area contributed by atoms with Crippen molar-refractivity contribution < 1.29 is 13.2 Å². The van der Waals surface area contributed by atoms with Gasteiger partial charge >= 0.3 is 0 Å². The summed E-state index contributed by atoms with van der Waals surface area (Å²) in [6.45, 7) is 2.01. The van der Waals surface area contributed by atoms with Gasteiger partial charge in [-0.2, -0.15) is 0 Å². The second kappa shape index (κ2) is 6.18. The van der Waals surface area contributed by atoms with Crippen LogP contribution in [0.5, 0.6) is 0 Å². The van der Waals surface area contributed by atoms with E-state index in [-0.39, 0.29) is 23.5 Å². The lowest BCUT2D eigenvalue weighted by Crippen LogP contribution is -2.38. The van der Waals surface area contributed by atoms with E-state index in [0.717, 1.165) is 10.5 Å². The molecule has 0 aromatic heterocycles. The molecule has 4 nitrogen and oxygen atoms in total. The fourth-order valence-electron chi connectivity index (χ4n) is 2.24. The van der Waals surface area contributed by atoms with Crippen molar-refractivity contribution in [3.63, 3.8) is 0 Å². The van der Waals surface area contributed by atoms with Crippen LogP contribution in [0.4, 0.5) is 0 Å². The molecule has 2 rings (SSSR count). The number of amides is 1. The number of rotatable bonds is 4. The first kappa shape index (κ1) is 15.4. The van der Waals surface area contributed by atoms with Crippen LogP contribution >= 0.6 is 11.8 Å². The van der Waals surface area contributed by atoms with Gasteiger partial charge in [-0.25, -0.2) is 8.42 Å². The van der Waals surface area contributed by atoms with Crippen LogP contribution < -0.4 is 0 Å². The number of carbonyl (C=O) groups is 1. The van der Waals surface area contributed by atoms with Crippen LogP contribution in [0.1, 0.15) is 12.0 Å². The lowest BCUT2D eigenvalue weighted by atomic mass is 10.2. The Morgan fingerprint density at radius 3 is 2.70 bits per heavy atom. The molecule has 0 N–H and O–H groups in total. The fraction of sp³-hybridized carbons (Fsp3) is 0.500. The van der Waals surface area contributed by atoms with E-state index in [1.54, 1.807) is 11.9 Å². The number of benzene rings is 1. The Labute approximate surface area is 124 Å². The molecule has 1 saturated heterocycles. The normalized spacial score (nSPS) is 20.8. The maximum Gasteiger partial charge on any atom is 0.232 e. The van der Waals surface area contributed by atoms with Crippen molar-refractivity contribution >= 4 is 27.5 Å². The Kier molecular flexibility index (Phi) is 4.75. The number of carbonyl (C=O) groups excluding carboxylic acids is 1. The number of sulfone groups is 1. The Balaban J connectivity index is 1.91. The van der Waals surface area contributed by atoms with Crippen molar-refractivity contribution in [3.8, 4) is 0 Å². The van der Waals surface area contributed by atoms with Crippen molar-refractivity contribution in [1.82, 2.24) is 4.90 Å². The predicted molar refractivity (Wildman–Crippen MR) is 81.7 cm³/mol. The van der Waals surface area contributed by atoms with Crippen LogP contribution in [0.3, 0.4) is 0 Å². The van der Waals surface area contributed by atoms with E-state index in [2.05, 4.69) is 0 Å². The third-order valence-electron chi connectivity index (χ3n) is 3.59. The lowest BCUT2D eigenvalue weighted by Gasteiger charge is -2.23. The predicted octanol–water partition coefficient (Wildman–Crippen LogP) is 1.73. The largest absolute Gasteiger partial charge is 0.341 e. The summed E-state index contributed by atoms with van der Waals surface area (Å²) >= 11 is 1.50. The Hall–Kier alpha value is -1.01. The molecule has 20 heavy (non-hydrogen) atoms. The Morgan fingerprint density at radius 1 is 1.40 bits per heavy atom. The van der Waals surface area contributed by atoms with Crippen LogP contribution in [0, 0.1) is 6.92 Å². The first-order chi connectivity index (χ1) is 9.39. The average Bonchev–Trinajstić information content (AvgIpc) is 2.77. The first-order valence-corrected chi connectivity index (χ1v) is 9.34.